The monoisotopic (exact) mass is 313 g/mol. The van der Waals surface area contributed by atoms with Gasteiger partial charge in [-0.05, 0) is 43.9 Å². The molecule has 0 amide bonds. The number of ether oxygens (including phenoxy) is 1. The number of aromatic nitrogens is 2. The van der Waals surface area contributed by atoms with E-state index in [0.717, 1.165) is 31.4 Å². The van der Waals surface area contributed by atoms with Gasteiger partial charge in [-0.15, -0.1) is 0 Å². The summed E-state index contributed by atoms with van der Waals surface area (Å²) in [5, 5.41) is 0. The van der Waals surface area contributed by atoms with E-state index in [-0.39, 0.29) is 11.9 Å². The maximum Gasteiger partial charge on any atom is 0.309 e. The standard InChI is InChI=1S/C18H23N3O2/c1-23-18(22)14(6-4-10-19)11-15-17-9-8-13-5-2-3-7-16(13)21(17)12-20-15/h2-3,5,7,12,14H,4,6,8-11,19H2,1H3/t14-/m0/s1. The SMILES string of the molecule is COC(=O)[C@@H](CCCN)Cc1ncn2c1CCc1ccccc1-2. The Morgan fingerprint density at radius 2 is 2.22 bits per heavy atom. The lowest BCUT2D eigenvalue weighted by atomic mass is 9.94. The van der Waals surface area contributed by atoms with Crippen molar-refractivity contribution in [3.63, 3.8) is 0 Å². The molecule has 5 heteroatoms. The lowest BCUT2D eigenvalue weighted by Gasteiger charge is -2.20. The Labute approximate surface area is 136 Å². The van der Waals surface area contributed by atoms with Crippen LogP contribution in [0.3, 0.4) is 0 Å². The highest BCUT2D eigenvalue weighted by Gasteiger charge is 2.25. The molecule has 2 aromatic rings. The van der Waals surface area contributed by atoms with E-state index in [4.69, 9.17) is 10.5 Å². The van der Waals surface area contributed by atoms with Gasteiger partial charge in [0.1, 0.15) is 0 Å². The number of hydrogen-bond donors (Lipinski definition) is 1. The third-order valence-electron chi connectivity index (χ3n) is 4.57. The Morgan fingerprint density at radius 1 is 1.39 bits per heavy atom. The molecule has 23 heavy (non-hydrogen) atoms. The van der Waals surface area contributed by atoms with E-state index >= 15 is 0 Å². The second-order valence-corrected chi connectivity index (χ2v) is 5.99. The Hall–Kier alpha value is -2.14. The van der Waals surface area contributed by atoms with Crippen molar-refractivity contribution >= 4 is 5.97 Å². The average molecular weight is 313 g/mol. The second kappa shape index (κ2) is 6.96. The normalized spacial score (nSPS) is 14.0. The topological polar surface area (TPSA) is 70.1 Å². The molecule has 3 rings (SSSR count). The number of imidazole rings is 1. The zero-order valence-electron chi connectivity index (χ0n) is 13.5. The fourth-order valence-electron chi connectivity index (χ4n) is 3.33. The highest BCUT2D eigenvalue weighted by Crippen LogP contribution is 2.28. The van der Waals surface area contributed by atoms with Gasteiger partial charge in [0, 0.05) is 17.8 Å². The Balaban J connectivity index is 1.85. The van der Waals surface area contributed by atoms with Crippen molar-refractivity contribution in [2.75, 3.05) is 13.7 Å². The van der Waals surface area contributed by atoms with Gasteiger partial charge in [0.25, 0.3) is 0 Å². The van der Waals surface area contributed by atoms with E-state index < -0.39 is 0 Å². The second-order valence-electron chi connectivity index (χ2n) is 5.99. The van der Waals surface area contributed by atoms with Crippen LogP contribution in [-0.2, 0) is 28.8 Å². The van der Waals surface area contributed by atoms with Crippen molar-refractivity contribution in [1.29, 1.82) is 0 Å². The first-order valence-corrected chi connectivity index (χ1v) is 8.16. The predicted molar refractivity (Wildman–Crippen MR) is 88.5 cm³/mol. The summed E-state index contributed by atoms with van der Waals surface area (Å²) >= 11 is 0. The highest BCUT2D eigenvalue weighted by atomic mass is 16.5. The molecule has 5 nitrogen and oxygen atoms in total. The summed E-state index contributed by atoms with van der Waals surface area (Å²) in [5.74, 6) is -0.336. The number of benzene rings is 1. The number of para-hydroxylation sites is 1. The molecule has 0 unspecified atom stereocenters. The van der Waals surface area contributed by atoms with Crippen LogP contribution < -0.4 is 5.73 Å². The van der Waals surface area contributed by atoms with Crippen LogP contribution in [0.5, 0.6) is 0 Å². The zero-order valence-corrected chi connectivity index (χ0v) is 13.5. The molecular weight excluding hydrogens is 290 g/mol. The molecule has 0 fully saturated rings. The lowest BCUT2D eigenvalue weighted by Crippen LogP contribution is -2.21. The fraction of sp³-hybridized carbons (Fsp3) is 0.444. The Kier molecular flexibility index (Phi) is 4.76. The minimum absolute atomic E-state index is 0.166. The fourth-order valence-corrected chi connectivity index (χ4v) is 3.33. The molecule has 0 saturated carbocycles. The largest absolute Gasteiger partial charge is 0.469 e. The lowest BCUT2D eigenvalue weighted by molar-refractivity contribution is -0.145. The Morgan fingerprint density at radius 3 is 3.00 bits per heavy atom. The van der Waals surface area contributed by atoms with Gasteiger partial charge in [0.2, 0.25) is 0 Å². The minimum Gasteiger partial charge on any atom is -0.469 e. The molecular formula is C18H23N3O2. The van der Waals surface area contributed by atoms with E-state index in [1.54, 1.807) is 0 Å². The molecule has 122 valence electrons. The van der Waals surface area contributed by atoms with Crippen molar-refractivity contribution in [3.05, 3.63) is 47.5 Å². The first-order valence-electron chi connectivity index (χ1n) is 8.16. The molecule has 2 heterocycles. The van der Waals surface area contributed by atoms with Crippen LogP contribution in [0.2, 0.25) is 0 Å². The molecule has 1 atom stereocenters. The number of hydrogen-bond acceptors (Lipinski definition) is 4. The number of aryl methyl sites for hydroxylation is 1. The number of carbonyl (C=O) groups is 1. The van der Waals surface area contributed by atoms with Gasteiger partial charge in [-0.3, -0.25) is 4.79 Å². The van der Waals surface area contributed by atoms with Crippen LogP contribution in [0.1, 0.15) is 29.8 Å². The maximum absolute atomic E-state index is 12.0. The maximum atomic E-state index is 12.0. The third-order valence-corrected chi connectivity index (χ3v) is 4.57. The summed E-state index contributed by atoms with van der Waals surface area (Å²) in [6, 6.07) is 8.40. The van der Waals surface area contributed by atoms with Crippen LogP contribution in [0.15, 0.2) is 30.6 Å². The van der Waals surface area contributed by atoms with Gasteiger partial charge in [0.05, 0.1) is 25.0 Å². The van der Waals surface area contributed by atoms with E-state index in [1.807, 2.05) is 12.4 Å². The first kappa shape index (κ1) is 15.7. The number of nitrogens with two attached hydrogens (primary N) is 1. The highest BCUT2D eigenvalue weighted by molar-refractivity contribution is 5.72. The van der Waals surface area contributed by atoms with Crippen molar-refractivity contribution in [2.24, 2.45) is 11.7 Å². The number of methoxy groups -OCH3 is 1. The molecule has 0 spiro atoms. The van der Waals surface area contributed by atoms with E-state index in [9.17, 15) is 4.79 Å². The summed E-state index contributed by atoms with van der Waals surface area (Å²) in [4.78, 5) is 16.6. The van der Waals surface area contributed by atoms with E-state index in [0.29, 0.717) is 13.0 Å². The summed E-state index contributed by atoms with van der Waals surface area (Å²) < 4.78 is 7.10. The van der Waals surface area contributed by atoms with E-state index in [2.05, 4.69) is 27.8 Å². The van der Waals surface area contributed by atoms with Gasteiger partial charge in [0.15, 0.2) is 0 Å². The molecule has 1 aliphatic heterocycles. The summed E-state index contributed by atoms with van der Waals surface area (Å²) in [7, 11) is 1.44. The summed E-state index contributed by atoms with van der Waals surface area (Å²) in [6.07, 6.45) is 6.03. The van der Waals surface area contributed by atoms with Crippen molar-refractivity contribution in [2.45, 2.75) is 32.1 Å². The van der Waals surface area contributed by atoms with Crippen LogP contribution in [0, 0.1) is 5.92 Å². The van der Waals surface area contributed by atoms with Gasteiger partial charge in [-0.1, -0.05) is 18.2 Å². The summed E-state index contributed by atoms with van der Waals surface area (Å²) in [5.41, 5.74) is 10.3. The number of fused-ring (bicyclic) bond motifs is 3. The van der Waals surface area contributed by atoms with Crippen LogP contribution >= 0.6 is 0 Å². The zero-order chi connectivity index (χ0) is 16.2. The molecule has 2 N–H and O–H groups in total. The third kappa shape index (κ3) is 3.15. The first-order chi connectivity index (χ1) is 11.2. The molecule has 0 bridgehead atoms. The quantitative estimate of drug-likeness (QED) is 0.829. The minimum atomic E-state index is -0.170. The Bertz CT molecular complexity index is 693. The van der Waals surface area contributed by atoms with Crippen LogP contribution in [0.25, 0.3) is 5.69 Å². The number of esters is 1. The molecule has 1 aliphatic rings. The van der Waals surface area contributed by atoms with Gasteiger partial charge in [-0.2, -0.15) is 0 Å². The number of nitrogens with zero attached hydrogens (tertiary/aromatic N) is 2. The molecule has 0 aliphatic carbocycles. The van der Waals surface area contributed by atoms with Crippen LogP contribution in [-0.4, -0.2) is 29.2 Å². The molecule has 0 saturated heterocycles. The van der Waals surface area contributed by atoms with Crippen LogP contribution in [0.4, 0.5) is 0 Å². The van der Waals surface area contributed by atoms with E-state index in [1.165, 1.54) is 24.1 Å². The molecule has 1 aromatic heterocycles. The number of carbonyl (C=O) groups excluding carboxylic acids is 1. The van der Waals surface area contributed by atoms with Gasteiger partial charge >= 0.3 is 5.97 Å². The molecule has 1 aromatic carbocycles. The number of rotatable bonds is 6. The predicted octanol–water partition coefficient (Wildman–Crippen LogP) is 2.04. The van der Waals surface area contributed by atoms with Gasteiger partial charge in [-0.25, -0.2) is 4.98 Å². The molecule has 0 radical (unpaired) electrons. The van der Waals surface area contributed by atoms with Crippen molar-refractivity contribution in [1.82, 2.24) is 9.55 Å². The van der Waals surface area contributed by atoms with Crippen molar-refractivity contribution in [3.8, 4) is 5.69 Å². The van der Waals surface area contributed by atoms with Gasteiger partial charge < -0.3 is 15.0 Å². The summed E-state index contributed by atoms with van der Waals surface area (Å²) in [6.45, 7) is 0.585. The smallest absolute Gasteiger partial charge is 0.309 e. The van der Waals surface area contributed by atoms with Crippen molar-refractivity contribution < 1.29 is 9.53 Å². The average Bonchev–Trinajstić information content (AvgIpc) is 3.01.